The fourth-order valence-corrected chi connectivity index (χ4v) is 4.64. The van der Waals surface area contributed by atoms with Gasteiger partial charge in [-0.3, -0.25) is 18.7 Å². The van der Waals surface area contributed by atoms with Crippen molar-refractivity contribution in [2.24, 2.45) is 0 Å². The molecule has 0 spiro atoms. The maximum atomic E-state index is 12.6. The number of benzene rings is 2. The van der Waals surface area contributed by atoms with E-state index in [4.69, 9.17) is 5.73 Å². The van der Waals surface area contributed by atoms with Crippen LogP contribution in [0.4, 0.5) is 5.69 Å². The van der Waals surface area contributed by atoms with Crippen LogP contribution in [-0.4, -0.2) is 37.5 Å². The first-order valence-electron chi connectivity index (χ1n) is 6.54. The Bertz CT molecular complexity index is 1180. The van der Waals surface area contributed by atoms with Crippen LogP contribution in [0.3, 0.4) is 0 Å². The van der Waals surface area contributed by atoms with E-state index in [1.807, 2.05) is 0 Å². The van der Waals surface area contributed by atoms with Crippen molar-refractivity contribution in [3.05, 3.63) is 52.6 Å². The summed E-state index contributed by atoms with van der Waals surface area (Å²) in [5.74, 6) is -1.59. The molecule has 3 rings (SSSR count). The molecular formula is C14H9NO8S2. The molecule has 25 heavy (non-hydrogen) atoms. The van der Waals surface area contributed by atoms with Gasteiger partial charge in [-0.2, -0.15) is 16.8 Å². The van der Waals surface area contributed by atoms with Gasteiger partial charge in [-0.05, 0) is 6.07 Å². The van der Waals surface area contributed by atoms with Crippen LogP contribution in [-0.2, 0) is 20.2 Å². The molecule has 0 bridgehead atoms. The van der Waals surface area contributed by atoms with Crippen LogP contribution in [0.25, 0.3) is 0 Å². The minimum Gasteiger partial charge on any atom is -0.397 e. The Kier molecular flexibility index (Phi) is 3.58. The highest BCUT2D eigenvalue weighted by molar-refractivity contribution is 7.89. The van der Waals surface area contributed by atoms with Gasteiger partial charge in [-0.1, -0.05) is 24.3 Å². The normalized spacial score (nSPS) is 14.2. The van der Waals surface area contributed by atoms with Gasteiger partial charge in [0.05, 0.1) is 11.3 Å². The van der Waals surface area contributed by atoms with E-state index in [1.54, 1.807) is 0 Å². The molecule has 0 heterocycles. The van der Waals surface area contributed by atoms with Crippen LogP contribution in [0, 0.1) is 0 Å². The second-order valence-corrected chi connectivity index (χ2v) is 7.94. The number of anilines is 1. The molecule has 11 heteroatoms. The maximum Gasteiger partial charge on any atom is 0.298 e. The van der Waals surface area contributed by atoms with E-state index in [0.717, 1.165) is 0 Å². The van der Waals surface area contributed by atoms with Gasteiger partial charge < -0.3 is 5.73 Å². The molecule has 1 aliphatic rings. The molecule has 2 aromatic rings. The molecule has 2 aromatic carbocycles. The van der Waals surface area contributed by atoms with Gasteiger partial charge >= 0.3 is 0 Å². The lowest BCUT2D eigenvalue weighted by Crippen LogP contribution is -2.25. The van der Waals surface area contributed by atoms with Gasteiger partial charge in [-0.25, -0.2) is 0 Å². The largest absolute Gasteiger partial charge is 0.397 e. The Labute approximate surface area is 141 Å². The molecule has 130 valence electrons. The highest BCUT2D eigenvalue weighted by Gasteiger charge is 2.38. The van der Waals surface area contributed by atoms with Gasteiger partial charge in [0.15, 0.2) is 11.6 Å². The van der Waals surface area contributed by atoms with E-state index in [1.165, 1.54) is 24.3 Å². The number of fused-ring (bicyclic) bond motifs is 2. The van der Waals surface area contributed by atoms with Crippen LogP contribution in [0.5, 0.6) is 0 Å². The molecule has 9 nitrogen and oxygen atoms in total. The number of carbonyl (C=O) groups is 2. The van der Waals surface area contributed by atoms with Crippen LogP contribution in [0.2, 0.25) is 0 Å². The number of hydrogen-bond donors (Lipinski definition) is 3. The zero-order chi connectivity index (χ0) is 18.7. The number of nitrogens with two attached hydrogens (primary N) is 1. The lowest BCUT2D eigenvalue weighted by molar-refractivity contribution is 0.0979. The number of nitrogen functional groups attached to an aromatic ring is 1. The monoisotopic (exact) mass is 383 g/mol. The molecule has 0 amide bonds. The number of ketones is 2. The standard InChI is InChI=1S/C14H9NO8S2/c15-11-10-8(5-9(24(18,19)20)14(11)25(21,22)23)12(16)6-3-1-2-4-7(6)13(10)17/h1-5H,15H2,(H,18,19,20)(H,21,22,23). The molecule has 0 aliphatic heterocycles. The fourth-order valence-electron chi connectivity index (χ4n) is 2.70. The van der Waals surface area contributed by atoms with Gasteiger partial charge in [0.25, 0.3) is 20.2 Å². The third-order valence-corrected chi connectivity index (χ3v) is 5.67. The number of rotatable bonds is 2. The quantitative estimate of drug-likeness (QED) is 0.422. The summed E-state index contributed by atoms with van der Waals surface area (Å²) in [6, 6.07) is 6.12. The molecule has 0 atom stereocenters. The Morgan fingerprint density at radius 1 is 0.800 bits per heavy atom. The van der Waals surface area contributed by atoms with Crippen LogP contribution >= 0.6 is 0 Å². The van der Waals surface area contributed by atoms with E-state index in [-0.39, 0.29) is 11.1 Å². The number of hydrogen-bond acceptors (Lipinski definition) is 7. The third-order valence-electron chi connectivity index (χ3n) is 3.71. The summed E-state index contributed by atoms with van der Waals surface area (Å²) in [7, 11) is -10.4. The summed E-state index contributed by atoms with van der Waals surface area (Å²) in [5.41, 5.74) is 3.57. The van der Waals surface area contributed by atoms with Crippen LogP contribution < -0.4 is 5.73 Å². The fraction of sp³-hybridized carbons (Fsp3) is 0. The minimum absolute atomic E-state index is 0.0275. The van der Waals surface area contributed by atoms with E-state index in [9.17, 15) is 35.5 Å². The van der Waals surface area contributed by atoms with Crippen molar-refractivity contribution in [2.45, 2.75) is 9.79 Å². The Morgan fingerprint density at radius 2 is 1.32 bits per heavy atom. The predicted molar refractivity (Wildman–Crippen MR) is 83.8 cm³/mol. The zero-order valence-electron chi connectivity index (χ0n) is 12.1. The Morgan fingerprint density at radius 3 is 1.80 bits per heavy atom. The molecule has 0 aromatic heterocycles. The second kappa shape index (κ2) is 5.20. The van der Waals surface area contributed by atoms with Crippen molar-refractivity contribution in [1.82, 2.24) is 0 Å². The van der Waals surface area contributed by atoms with E-state index in [2.05, 4.69) is 0 Å². The number of carbonyl (C=O) groups excluding carboxylic acids is 2. The topological polar surface area (TPSA) is 169 Å². The average molecular weight is 383 g/mol. The summed E-state index contributed by atoms with van der Waals surface area (Å²) >= 11 is 0. The minimum atomic E-state index is -5.23. The first-order valence-corrected chi connectivity index (χ1v) is 9.42. The van der Waals surface area contributed by atoms with Crippen LogP contribution in [0.15, 0.2) is 40.1 Å². The molecule has 4 N–H and O–H groups in total. The SMILES string of the molecule is Nc1c2c(cc(S(=O)(=O)O)c1S(=O)(=O)O)C(=O)c1ccccc1C2=O. The molecule has 0 saturated heterocycles. The Hall–Kier alpha value is -2.60. The average Bonchev–Trinajstić information content (AvgIpc) is 2.49. The van der Waals surface area contributed by atoms with Crippen molar-refractivity contribution in [3.8, 4) is 0 Å². The van der Waals surface area contributed by atoms with Gasteiger partial charge in [-0.15, -0.1) is 0 Å². The van der Waals surface area contributed by atoms with Crippen molar-refractivity contribution >= 4 is 37.5 Å². The highest BCUT2D eigenvalue weighted by atomic mass is 32.2. The second-order valence-electron chi connectivity index (χ2n) is 5.19. The maximum absolute atomic E-state index is 12.6. The smallest absolute Gasteiger partial charge is 0.298 e. The van der Waals surface area contributed by atoms with Crippen molar-refractivity contribution in [3.63, 3.8) is 0 Å². The third kappa shape index (κ3) is 2.53. The van der Waals surface area contributed by atoms with Gasteiger partial charge in [0.1, 0.15) is 9.79 Å². The van der Waals surface area contributed by atoms with E-state index >= 15 is 0 Å². The first kappa shape index (κ1) is 17.2. The summed E-state index contributed by atoms with van der Waals surface area (Å²) in [6.45, 7) is 0. The molecule has 1 aliphatic carbocycles. The first-order chi connectivity index (χ1) is 11.4. The highest BCUT2D eigenvalue weighted by Crippen LogP contribution is 2.38. The molecule has 0 radical (unpaired) electrons. The van der Waals surface area contributed by atoms with E-state index < -0.39 is 58.4 Å². The summed E-state index contributed by atoms with van der Waals surface area (Å²) < 4.78 is 64.6. The molecular weight excluding hydrogens is 374 g/mol. The lowest BCUT2D eigenvalue weighted by atomic mass is 9.83. The van der Waals surface area contributed by atoms with Gasteiger partial charge in [0, 0.05) is 16.7 Å². The predicted octanol–water partition coefficient (Wildman–Crippen LogP) is 0.538. The van der Waals surface area contributed by atoms with E-state index in [0.29, 0.717) is 6.07 Å². The summed E-state index contributed by atoms with van der Waals surface area (Å²) in [6.07, 6.45) is 0. The lowest BCUT2D eigenvalue weighted by Gasteiger charge is -2.21. The zero-order valence-corrected chi connectivity index (χ0v) is 13.8. The Balaban J connectivity index is 2.52. The van der Waals surface area contributed by atoms with Crippen LogP contribution in [0.1, 0.15) is 31.8 Å². The molecule has 0 saturated carbocycles. The van der Waals surface area contributed by atoms with Crippen molar-refractivity contribution in [2.75, 3.05) is 5.73 Å². The van der Waals surface area contributed by atoms with Crippen molar-refractivity contribution in [1.29, 1.82) is 0 Å². The summed E-state index contributed by atoms with van der Waals surface area (Å²) in [4.78, 5) is 22.5. The molecule has 0 unspecified atom stereocenters. The molecule has 0 fully saturated rings. The van der Waals surface area contributed by atoms with Gasteiger partial charge in [0.2, 0.25) is 0 Å². The van der Waals surface area contributed by atoms with Crippen molar-refractivity contribution < 1.29 is 35.5 Å². The summed E-state index contributed by atoms with van der Waals surface area (Å²) in [5, 5.41) is 0.